The molecule has 0 radical (unpaired) electrons. The van der Waals surface area contributed by atoms with Gasteiger partial charge in [0.15, 0.2) is 0 Å². The Kier molecular flexibility index (Phi) is 5.43. The Bertz CT molecular complexity index is 1060. The van der Waals surface area contributed by atoms with Crippen LogP contribution in [0.3, 0.4) is 0 Å². The van der Waals surface area contributed by atoms with Gasteiger partial charge >= 0.3 is 6.18 Å². The molecule has 0 bridgehead atoms. The zero-order valence-electron chi connectivity index (χ0n) is 17.2. The van der Waals surface area contributed by atoms with Gasteiger partial charge in [-0.1, -0.05) is 18.2 Å². The van der Waals surface area contributed by atoms with Gasteiger partial charge in [0.1, 0.15) is 18.0 Å². The monoisotopic (exact) mass is 445 g/mol. The molecule has 2 aliphatic heterocycles. The Morgan fingerprint density at radius 2 is 1.75 bits per heavy atom. The van der Waals surface area contributed by atoms with Crippen molar-refractivity contribution in [2.24, 2.45) is 0 Å². The summed E-state index contributed by atoms with van der Waals surface area (Å²) < 4.78 is 47.5. The largest absolute Gasteiger partial charge is 0.416 e. The summed E-state index contributed by atoms with van der Waals surface area (Å²) in [6.07, 6.45) is -2.99. The number of hydrogen-bond acceptors (Lipinski definition) is 7. The molecule has 0 unspecified atom stereocenters. The van der Waals surface area contributed by atoms with Crippen molar-refractivity contribution in [3.8, 4) is 5.69 Å². The van der Waals surface area contributed by atoms with Crippen molar-refractivity contribution in [2.45, 2.75) is 12.2 Å². The maximum absolute atomic E-state index is 13.6. The molecular weight excluding hydrogens is 423 g/mol. The molecule has 0 atom stereocenters. The number of anilines is 3. The molecular formula is C21H22F3N7O. The fourth-order valence-corrected chi connectivity index (χ4v) is 3.80. The number of halogens is 3. The van der Waals surface area contributed by atoms with Gasteiger partial charge in [0, 0.05) is 26.2 Å². The van der Waals surface area contributed by atoms with Gasteiger partial charge < -0.3 is 15.0 Å². The molecule has 2 saturated heterocycles. The number of benzene rings is 1. The predicted molar refractivity (Wildman–Crippen MR) is 112 cm³/mol. The summed E-state index contributed by atoms with van der Waals surface area (Å²) >= 11 is 0. The van der Waals surface area contributed by atoms with Crippen LogP contribution in [0, 0.1) is 0 Å². The average Bonchev–Trinajstić information content (AvgIpc) is 3.21. The van der Waals surface area contributed by atoms with Crippen LogP contribution in [0.4, 0.5) is 30.8 Å². The molecule has 0 saturated carbocycles. The van der Waals surface area contributed by atoms with Gasteiger partial charge in [0.05, 0.1) is 30.5 Å². The highest BCUT2D eigenvalue weighted by Gasteiger charge is 2.34. The van der Waals surface area contributed by atoms with Crippen molar-refractivity contribution in [2.75, 3.05) is 49.6 Å². The first-order valence-corrected chi connectivity index (χ1v) is 10.4. The minimum Gasteiger partial charge on any atom is -0.378 e. The summed E-state index contributed by atoms with van der Waals surface area (Å²) in [4.78, 5) is 12.8. The Hall–Kier alpha value is -3.18. The summed E-state index contributed by atoms with van der Waals surface area (Å²) in [5.74, 6) is 0.506. The average molecular weight is 445 g/mol. The van der Waals surface area contributed by atoms with Crippen molar-refractivity contribution in [1.82, 2.24) is 24.6 Å². The minimum absolute atomic E-state index is 0.0514. The zero-order valence-corrected chi connectivity index (χ0v) is 17.2. The number of rotatable bonds is 5. The van der Waals surface area contributed by atoms with E-state index in [4.69, 9.17) is 4.74 Å². The van der Waals surface area contributed by atoms with Crippen molar-refractivity contribution in [1.29, 1.82) is 0 Å². The second kappa shape index (κ2) is 8.40. The Morgan fingerprint density at radius 3 is 2.41 bits per heavy atom. The number of aromatic nitrogens is 4. The summed E-state index contributed by atoms with van der Waals surface area (Å²) in [6, 6.07) is 11.8. The topological polar surface area (TPSA) is 71.3 Å². The summed E-state index contributed by atoms with van der Waals surface area (Å²) in [6.45, 7) is 4.17. The molecule has 1 N–H and O–H groups in total. The molecule has 2 fully saturated rings. The van der Waals surface area contributed by atoms with Gasteiger partial charge in [0.25, 0.3) is 0 Å². The maximum Gasteiger partial charge on any atom is 0.416 e. The van der Waals surface area contributed by atoms with Crippen LogP contribution in [-0.4, -0.2) is 70.1 Å². The number of para-hydroxylation sites is 1. The lowest BCUT2D eigenvalue weighted by atomic mass is 10.1. The molecule has 0 aliphatic carbocycles. The van der Waals surface area contributed by atoms with Crippen LogP contribution < -0.4 is 10.2 Å². The highest BCUT2D eigenvalue weighted by molar-refractivity contribution is 5.56. The van der Waals surface area contributed by atoms with E-state index in [2.05, 4.69) is 25.3 Å². The Balaban J connectivity index is 1.36. The van der Waals surface area contributed by atoms with Crippen LogP contribution >= 0.6 is 0 Å². The number of nitrogens with one attached hydrogen (secondary N) is 1. The number of hydrogen-bond donors (Lipinski definition) is 1. The van der Waals surface area contributed by atoms with E-state index in [9.17, 15) is 13.2 Å². The number of pyridine rings is 1. The molecule has 3 aromatic rings. The third kappa shape index (κ3) is 4.39. The zero-order chi connectivity index (χ0) is 22.1. The lowest BCUT2D eigenvalue weighted by molar-refractivity contribution is -0.137. The number of alkyl halides is 3. The highest BCUT2D eigenvalue weighted by Crippen LogP contribution is 2.33. The van der Waals surface area contributed by atoms with Crippen LogP contribution in [0.25, 0.3) is 5.69 Å². The molecule has 2 aromatic heterocycles. The molecule has 32 heavy (non-hydrogen) atoms. The molecule has 4 heterocycles. The Morgan fingerprint density at radius 1 is 1.00 bits per heavy atom. The van der Waals surface area contributed by atoms with Crippen LogP contribution in [0.5, 0.6) is 0 Å². The standard InChI is InChI=1S/C21H22F3N7O/c22-21(23,24)15-10-18(27-20-25-14-31(28-20)16-4-2-1-3-5-16)26-19(11-15)30-8-6-29(7-9-30)17-12-32-13-17/h1-5,10-11,14,17H,6-9,12-13H2,(H,26,27,28). The fourth-order valence-electron chi connectivity index (χ4n) is 3.80. The first-order chi connectivity index (χ1) is 15.5. The third-order valence-corrected chi connectivity index (χ3v) is 5.67. The van der Waals surface area contributed by atoms with E-state index in [0.717, 1.165) is 44.1 Å². The van der Waals surface area contributed by atoms with E-state index < -0.39 is 11.7 Å². The van der Waals surface area contributed by atoms with E-state index in [1.165, 1.54) is 6.33 Å². The molecule has 11 heteroatoms. The molecule has 1 aromatic carbocycles. The highest BCUT2D eigenvalue weighted by atomic mass is 19.4. The molecule has 0 spiro atoms. The normalized spacial score (nSPS) is 17.9. The summed E-state index contributed by atoms with van der Waals surface area (Å²) in [5, 5.41) is 7.12. The molecule has 2 aliphatic rings. The van der Waals surface area contributed by atoms with Crippen LogP contribution in [0.15, 0.2) is 48.8 Å². The van der Waals surface area contributed by atoms with Crippen LogP contribution in [0.1, 0.15) is 5.56 Å². The Labute approximate surface area is 182 Å². The van der Waals surface area contributed by atoms with Gasteiger partial charge in [-0.15, -0.1) is 5.10 Å². The maximum atomic E-state index is 13.6. The van der Waals surface area contributed by atoms with Gasteiger partial charge in [0.2, 0.25) is 5.95 Å². The summed E-state index contributed by atoms with van der Waals surface area (Å²) in [7, 11) is 0. The van der Waals surface area contributed by atoms with Gasteiger partial charge in [-0.2, -0.15) is 18.2 Å². The van der Waals surface area contributed by atoms with Gasteiger partial charge in [-0.3, -0.25) is 4.90 Å². The van der Waals surface area contributed by atoms with E-state index in [-0.39, 0.29) is 17.6 Å². The molecule has 0 amide bonds. The second-order valence-electron chi connectivity index (χ2n) is 7.78. The first-order valence-electron chi connectivity index (χ1n) is 10.4. The SMILES string of the molecule is FC(F)(F)c1cc(Nc2ncn(-c3ccccc3)n2)nc(N2CCN(C3COC3)CC2)c1. The van der Waals surface area contributed by atoms with E-state index >= 15 is 0 Å². The van der Waals surface area contributed by atoms with Crippen LogP contribution in [-0.2, 0) is 10.9 Å². The number of nitrogens with zero attached hydrogens (tertiary/aromatic N) is 6. The second-order valence-corrected chi connectivity index (χ2v) is 7.78. The van der Waals surface area contributed by atoms with Crippen molar-refractivity contribution in [3.05, 3.63) is 54.4 Å². The predicted octanol–water partition coefficient (Wildman–Crippen LogP) is 2.95. The fraction of sp³-hybridized carbons (Fsp3) is 0.381. The van der Waals surface area contributed by atoms with Gasteiger partial charge in [-0.25, -0.2) is 9.67 Å². The smallest absolute Gasteiger partial charge is 0.378 e. The lowest BCUT2D eigenvalue weighted by Crippen LogP contribution is -2.56. The third-order valence-electron chi connectivity index (χ3n) is 5.67. The number of ether oxygens (including phenoxy) is 1. The molecule has 5 rings (SSSR count). The van der Waals surface area contributed by atoms with Crippen molar-refractivity contribution >= 4 is 17.6 Å². The quantitative estimate of drug-likeness (QED) is 0.648. The first kappa shape index (κ1) is 20.7. The molecule has 8 nitrogen and oxygen atoms in total. The van der Waals surface area contributed by atoms with E-state index in [1.54, 1.807) is 4.68 Å². The minimum atomic E-state index is -4.49. The molecule has 168 valence electrons. The van der Waals surface area contributed by atoms with E-state index in [0.29, 0.717) is 19.1 Å². The van der Waals surface area contributed by atoms with Crippen LogP contribution in [0.2, 0.25) is 0 Å². The number of piperazine rings is 1. The van der Waals surface area contributed by atoms with Crippen molar-refractivity contribution in [3.63, 3.8) is 0 Å². The van der Waals surface area contributed by atoms with Gasteiger partial charge in [-0.05, 0) is 24.3 Å². The lowest BCUT2D eigenvalue weighted by Gasteiger charge is -2.43. The summed E-state index contributed by atoms with van der Waals surface area (Å²) in [5.41, 5.74) is 0.0304. The van der Waals surface area contributed by atoms with Crippen molar-refractivity contribution < 1.29 is 17.9 Å². The van der Waals surface area contributed by atoms with E-state index in [1.807, 2.05) is 35.2 Å².